The van der Waals surface area contributed by atoms with E-state index in [4.69, 9.17) is 4.74 Å². The summed E-state index contributed by atoms with van der Waals surface area (Å²) >= 11 is 0. The number of benzene rings is 2. The molecule has 0 radical (unpaired) electrons. The molecule has 130 valence electrons. The molecule has 0 N–H and O–H groups in total. The first-order valence-corrected chi connectivity index (χ1v) is 9.34. The van der Waals surface area contributed by atoms with E-state index in [9.17, 15) is 13.2 Å². The fourth-order valence-electron chi connectivity index (χ4n) is 2.94. The minimum absolute atomic E-state index is 0.0515. The molecule has 25 heavy (non-hydrogen) atoms. The number of hydrogen-bond acceptors (Lipinski definition) is 4. The summed E-state index contributed by atoms with van der Waals surface area (Å²) in [5.74, 6) is -0.309. The van der Waals surface area contributed by atoms with Gasteiger partial charge in [-0.3, -0.25) is 0 Å². The molecule has 1 amide bonds. The molecule has 1 heterocycles. The summed E-state index contributed by atoms with van der Waals surface area (Å²) in [4.78, 5) is 12.4. The fourth-order valence-corrected chi connectivity index (χ4v) is 4.45. The molecule has 2 atom stereocenters. The van der Waals surface area contributed by atoms with Gasteiger partial charge >= 0.3 is 6.09 Å². The van der Waals surface area contributed by atoms with Crippen LogP contribution < -0.4 is 0 Å². The molecule has 0 bridgehead atoms. The number of aryl methyl sites for hydroxylation is 1. The summed E-state index contributed by atoms with van der Waals surface area (Å²) in [6, 6.07) is 15.0. The number of rotatable bonds is 4. The van der Waals surface area contributed by atoms with Gasteiger partial charge in [-0.1, -0.05) is 54.1 Å². The van der Waals surface area contributed by atoms with Crippen LogP contribution in [0.2, 0.25) is 0 Å². The molecule has 1 saturated heterocycles. The first kappa shape index (κ1) is 17.2. The zero-order valence-corrected chi connectivity index (χ0v) is 14.6. The van der Waals surface area contributed by atoms with Crippen LogP contribution >= 0.6 is 0 Å². The van der Waals surface area contributed by atoms with Gasteiger partial charge in [0.25, 0.3) is 10.0 Å². The number of hydrogen-bond donors (Lipinski definition) is 0. The lowest BCUT2D eigenvalue weighted by Gasteiger charge is -2.38. The predicted molar refractivity (Wildman–Crippen MR) is 94.7 cm³/mol. The molecule has 2 unspecified atom stereocenters. The monoisotopic (exact) mass is 357 g/mol. The van der Waals surface area contributed by atoms with Crippen molar-refractivity contribution in [3.05, 3.63) is 78.4 Å². The van der Waals surface area contributed by atoms with Crippen molar-refractivity contribution >= 4 is 16.1 Å². The Labute approximate surface area is 147 Å². The van der Waals surface area contributed by atoms with Crippen molar-refractivity contribution in [1.82, 2.24) is 4.31 Å². The Bertz CT molecular complexity index is 875. The lowest BCUT2D eigenvalue weighted by Crippen LogP contribution is -2.51. The maximum absolute atomic E-state index is 13.0. The zero-order chi connectivity index (χ0) is 18.0. The SMILES string of the molecule is C=CC1C(c2ccccc2)COC(=O)N1S(=O)(=O)c1ccc(C)cc1. The Kier molecular flexibility index (Phi) is 4.63. The molecule has 1 aliphatic heterocycles. The fraction of sp³-hybridized carbons (Fsp3) is 0.211. The van der Waals surface area contributed by atoms with Crippen LogP contribution in [0, 0.1) is 6.92 Å². The molecule has 3 rings (SSSR count). The molecule has 1 aliphatic rings. The average molecular weight is 357 g/mol. The molecule has 0 aliphatic carbocycles. The third kappa shape index (κ3) is 3.17. The van der Waals surface area contributed by atoms with Gasteiger partial charge in [0.15, 0.2) is 0 Å². The Morgan fingerprint density at radius 2 is 1.76 bits per heavy atom. The summed E-state index contributed by atoms with van der Waals surface area (Å²) in [5.41, 5.74) is 1.83. The first-order valence-electron chi connectivity index (χ1n) is 7.90. The zero-order valence-electron chi connectivity index (χ0n) is 13.8. The molecule has 1 fully saturated rings. The largest absolute Gasteiger partial charge is 0.448 e. The van der Waals surface area contributed by atoms with Crippen molar-refractivity contribution in [3.8, 4) is 0 Å². The summed E-state index contributed by atoms with van der Waals surface area (Å²) in [6.07, 6.45) is 0.613. The normalized spacial score (nSPS) is 20.8. The van der Waals surface area contributed by atoms with E-state index >= 15 is 0 Å². The highest BCUT2D eigenvalue weighted by Gasteiger charge is 2.44. The van der Waals surface area contributed by atoms with Crippen LogP contribution in [0.15, 0.2) is 72.1 Å². The molecule has 6 heteroatoms. The van der Waals surface area contributed by atoms with E-state index in [1.165, 1.54) is 18.2 Å². The molecule has 5 nitrogen and oxygen atoms in total. The van der Waals surface area contributed by atoms with Gasteiger partial charge < -0.3 is 4.74 Å². The number of amides is 1. The summed E-state index contributed by atoms with van der Waals surface area (Å²) < 4.78 is 32.0. The lowest BCUT2D eigenvalue weighted by molar-refractivity contribution is 0.0758. The van der Waals surface area contributed by atoms with Crippen LogP contribution in [0.5, 0.6) is 0 Å². The maximum atomic E-state index is 13.0. The minimum atomic E-state index is -4.04. The maximum Gasteiger partial charge on any atom is 0.424 e. The van der Waals surface area contributed by atoms with Crippen molar-refractivity contribution in [2.24, 2.45) is 0 Å². The minimum Gasteiger partial charge on any atom is -0.448 e. The highest BCUT2D eigenvalue weighted by molar-refractivity contribution is 7.89. The molecular formula is C19H19NO4S. The number of sulfonamides is 1. The highest BCUT2D eigenvalue weighted by atomic mass is 32.2. The van der Waals surface area contributed by atoms with E-state index in [1.807, 2.05) is 37.3 Å². The van der Waals surface area contributed by atoms with Crippen LogP contribution in [-0.2, 0) is 14.8 Å². The lowest BCUT2D eigenvalue weighted by atomic mass is 9.91. The van der Waals surface area contributed by atoms with Crippen molar-refractivity contribution in [2.75, 3.05) is 6.61 Å². The quantitative estimate of drug-likeness (QED) is 0.786. The van der Waals surface area contributed by atoms with E-state index in [0.29, 0.717) is 0 Å². The van der Waals surface area contributed by atoms with Crippen LogP contribution in [0.4, 0.5) is 4.79 Å². The third-order valence-corrected chi connectivity index (χ3v) is 6.07. The first-order chi connectivity index (χ1) is 11.9. The molecule has 2 aromatic rings. The molecule has 0 aromatic heterocycles. The summed E-state index contributed by atoms with van der Waals surface area (Å²) in [7, 11) is -4.04. The van der Waals surface area contributed by atoms with Gasteiger partial charge in [-0.25, -0.2) is 13.2 Å². The highest BCUT2D eigenvalue weighted by Crippen LogP contribution is 2.33. The van der Waals surface area contributed by atoms with Gasteiger partial charge in [-0.05, 0) is 24.6 Å². The number of ether oxygens (including phenoxy) is 1. The second-order valence-corrected chi connectivity index (χ2v) is 7.75. The predicted octanol–water partition coefficient (Wildman–Crippen LogP) is 3.47. The number of nitrogens with zero attached hydrogens (tertiary/aromatic N) is 1. The second-order valence-electron chi connectivity index (χ2n) is 5.93. The van der Waals surface area contributed by atoms with E-state index in [2.05, 4.69) is 6.58 Å². The van der Waals surface area contributed by atoms with Gasteiger partial charge in [0.2, 0.25) is 0 Å². The number of carbonyl (C=O) groups excluding carboxylic acids is 1. The van der Waals surface area contributed by atoms with E-state index in [0.717, 1.165) is 15.4 Å². The Hall–Kier alpha value is -2.60. The van der Waals surface area contributed by atoms with Crippen LogP contribution in [0.25, 0.3) is 0 Å². The topological polar surface area (TPSA) is 63.7 Å². The Morgan fingerprint density at radius 3 is 2.36 bits per heavy atom. The van der Waals surface area contributed by atoms with Gasteiger partial charge in [-0.2, -0.15) is 4.31 Å². The van der Waals surface area contributed by atoms with Crippen LogP contribution in [0.3, 0.4) is 0 Å². The van der Waals surface area contributed by atoms with E-state index < -0.39 is 22.2 Å². The van der Waals surface area contributed by atoms with Crippen molar-refractivity contribution in [3.63, 3.8) is 0 Å². The van der Waals surface area contributed by atoms with Crippen molar-refractivity contribution < 1.29 is 17.9 Å². The van der Waals surface area contributed by atoms with Crippen LogP contribution in [0.1, 0.15) is 17.0 Å². The van der Waals surface area contributed by atoms with Gasteiger partial charge in [0.05, 0.1) is 10.9 Å². The molecule has 0 saturated carbocycles. The molecular weight excluding hydrogens is 338 g/mol. The Balaban J connectivity index is 2.04. The second kappa shape index (κ2) is 6.72. The summed E-state index contributed by atoms with van der Waals surface area (Å²) in [5, 5.41) is 0. The average Bonchev–Trinajstić information content (AvgIpc) is 2.62. The number of cyclic esters (lactones) is 1. The van der Waals surface area contributed by atoms with Crippen LogP contribution in [-0.4, -0.2) is 31.5 Å². The standard InChI is InChI=1S/C19H19NO4S/c1-3-18-17(15-7-5-4-6-8-15)13-24-19(21)20(18)25(22,23)16-11-9-14(2)10-12-16/h3-12,17-18H,1,13H2,2H3. The molecule has 2 aromatic carbocycles. The van der Waals surface area contributed by atoms with Gasteiger partial charge in [-0.15, -0.1) is 6.58 Å². The number of carbonyl (C=O) groups is 1. The van der Waals surface area contributed by atoms with E-state index in [1.54, 1.807) is 12.1 Å². The summed E-state index contributed by atoms with van der Waals surface area (Å²) in [6.45, 7) is 5.73. The van der Waals surface area contributed by atoms with E-state index in [-0.39, 0.29) is 17.4 Å². The van der Waals surface area contributed by atoms with Crippen molar-refractivity contribution in [2.45, 2.75) is 23.8 Å². The van der Waals surface area contributed by atoms with Gasteiger partial charge in [0.1, 0.15) is 6.61 Å². The third-order valence-electron chi connectivity index (χ3n) is 4.30. The smallest absolute Gasteiger partial charge is 0.424 e. The molecule has 0 spiro atoms. The Morgan fingerprint density at radius 1 is 1.12 bits per heavy atom. The van der Waals surface area contributed by atoms with Gasteiger partial charge in [0, 0.05) is 5.92 Å². The van der Waals surface area contributed by atoms with Crippen molar-refractivity contribution in [1.29, 1.82) is 0 Å².